The summed E-state index contributed by atoms with van der Waals surface area (Å²) in [6.07, 6.45) is 7.91. The fourth-order valence-electron chi connectivity index (χ4n) is 4.06. The number of pyridine rings is 1. The number of nitrogens with zero attached hydrogens (tertiary/aromatic N) is 5. The lowest BCUT2D eigenvalue weighted by Gasteiger charge is -2.32. The summed E-state index contributed by atoms with van der Waals surface area (Å²) < 4.78 is 5.92. The summed E-state index contributed by atoms with van der Waals surface area (Å²) in [5, 5.41) is 3.43. The van der Waals surface area contributed by atoms with Crippen LogP contribution in [0, 0.1) is 0 Å². The average Bonchev–Trinajstić information content (AvgIpc) is 3.28. The second kappa shape index (κ2) is 8.38. The molecule has 2 aliphatic heterocycles. The molecule has 1 saturated heterocycles. The standard InChI is InChI=1S/C23H26N6O/c1-28-7-9-29(10-8-28)15-17-2-4-19(5-3-17)27-23-22-20(6-11-30-22)21(14-26-23)18-12-24-16-25-13-18/h2-5,12-14,16H,6-11,15H2,1H3,(H,26,27). The zero-order valence-electron chi connectivity index (χ0n) is 17.2. The Kier molecular flexibility index (Phi) is 5.29. The Morgan fingerprint density at radius 3 is 2.53 bits per heavy atom. The summed E-state index contributed by atoms with van der Waals surface area (Å²) in [6.45, 7) is 6.20. The first-order chi connectivity index (χ1) is 14.8. The molecule has 0 aliphatic carbocycles. The van der Waals surface area contributed by atoms with Crippen molar-refractivity contribution in [2.24, 2.45) is 0 Å². The predicted octanol–water partition coefficient (Wildman–Crippen LogP) is 2.96. The highest BCUT2D eigenvalue weighted by molar-refractivity contribution is 5.75. The number of rotatable bonds is 5. The van der Waals surface area contributed by atoms with Crippen LogP contribution in [0.5, 0.6) is 5.75 Å². The number of aromatic nitrogens is 3. The van der Waals surface area contributed by atoms with Gasteiger partial charge in [0.15, 0.2) is 11.6 Å². The van der Waals surface area contributed by atoms with E-state index in [9.17, 15) is 0 Å². The fraction of sp³-hybridized carbons (Fsp3) is 0.348. The first kappa shape index (κ1) is 19.0. The van der Waals surface area contributed by atoms with Gasteiger partial charge in [-0.15, -0.1) is 0 Å². The predicted molar refractivity (Wildman–Crippen MR) is 117 cm³/mol. The number of benzene rings is 1. The summed E-state index contributed by atoms with van der Waals surface area (Å²) in [5.74, 6) is 1.59. The first-order valence-corrected chi connectivity index (χ1v) is 10.4. The molecular weight excluding hydrogens is 376 g/mol. The summed E-state index contributed by atoms with van der Waals surface area (Å²) >= 11 is 0. The van der Waals surface area contributed by atoms with Crippen LogP contribution in [0.4, 0.5) is 11.5 Å². The lowest BCUT2D eigenvalue weighted by Crippen LogP contribution is -2.43. The number of hydrogen-bond donors (Lipinski definition) is 1. The molecule has 1 N–H and O–H groups in total. The Morgan fingerprint density at radius 2 is 1.77 bits per heavy atom. The van der Waals surface area contributed by atoms with Crippen LogP contribution in [0.15, 0.2) is 49.2 Å². The summed E-state index contributed by atoms with van der Waals surface area (Å²) in [4.78, 5) is 17.8. The molecule has 0 unspecified atom stereocenters. The van der Waals surface area contributed by atoms with Crippen molar-refractivity contribution in [3.8, 4) is 16.9 Å². The van der Waals surface area contributed by atoms with Gasteiger partial charge in [-0.2, -0.15) is 0 Å². The third-order valence-corrected chi connectivity index (χ3v) is 5.83. The Labute approximate surface area is 176 Å². The summed E-state index contributed by atoms with van der Waals surface area (Å²) in [7, 11) is 2.19. The Morgan fingerprint density at radius 1 is 1.00 bits per heavy atom. The zero-order valence-corrected chi connectivity index (χ0v) is 17.2. The number of ether oxygens (including phenoxy) is 1. The number of likely N-dealkylation sites (N-methyl/N-ethyl adjacent to an activating group) is 1. The Hall–Kier alpha value is -3.03. The molecule has 30 heavy (non-hydrogen) atoms. The first-order valence-electron chi connectivity index (χ1n) is 10.4. The zero-order chi connectivity index (χ0) is 20.3. The average molecular weight is 403 g/mol. The van der Waals surface area contributed by atoms with Gasteiger partial charge in [0.2, 0.25) is 0 Å². The molecule has 7 nitrogen and oxygen atoms in total. The molecular formula is C23H26N6O. The molecule has 1 aromatic carbocycles. The van der Waals surface area contributed by atoms with Crippen LogP contribution in [0.3, 0.4) is 0 Å². The minimum absolute atomic E-state index is 0.667. The van der Waals surface area contributed by atoms with Gasteiger partial charge in [0.1, 0.15) is 6.33 Å². The molecule has 0 spiro atoms. The molecule has 7 heteroatoms. The van der Waals surface area contributed by atoms with Gasteiger partial charge in [0, 0.05) is 80.1 Å². The lowest BCUT2D eigenvalue weighted by atomic mass is 10.0. The Balaban J connectivity index is 1.31. The maximum atomic E-state index is 5.92. The molecule has 0 amide bonds. The van der Waals surface area contributed by atoms with Crippen molar-refractivity contribution in [1.29, 1.82) is 0 Å². The lowest BCUT2D eigenvalue weighted by molar-refractivity contribution is 0.148. The van der Waals surface area contributed by atoms with E-state index in [1.165, 1.54) is 11.9 Å². The highest BCUT2D eigenvalue weighted by atomic mass is 16.5. The molecule has 2 aromatic heterocycles. The minimum atomic E-state index is 0.667. The third-order valence-electron chi connectivity index (χ3n) is 5.83. The Bertz CT molecular complexity index is 1000. The van der Waals surface area contributed by atoms with Crippen molar-refractivity contribution in [1.82, 2.24) is 24.8 Å². The van der Waals surface area contributed by atoms with Crippen LogP contribution in [0.1, 0.15) is 11.1 Å². The van der Waals surface area contributed by atoms with Gasteiger partial charge in [-0.25, -0.2) is 15.0 Å². The van der Waals surface area contributed by atoms with Crippen molar-refractivity contribution in [2.45, 2.75) is 13.0 Å². The highest BCUT2D eigenvalue weighted by Gasteiger charge is 2.22. The second-order valence-electron chi connectivity index (χ2n) is 7.96. The van der Waals surface area contributed by atoms with Crippen molar-refractivity contribution >= 4 is 11.5 Å². The van der Waals surface area contributed by atoms with Crippen LogP contribution in [0.25, 0.3) is 11.1 Å². The summed E-state index contributed by atoms with van der Waals surface area (Å²) in [6, 6.07) is 8.62. The van der Waals surface area contributed by atoms with Crippen LogP contribution < -0.4 is 10.1 Å². The molecule has 0 bridgehead atoms. The van der Waals surface area contributed by atoms with Crippen LogP contribution in [-0.4, -0.2) is 64.6 Å². The molecule has 2 aliphatic rings. The number of hydrogen-bond acceptors (Lipinski definition) is 7. The smallest absolute Gasteiger partial charge is 0.173 e. The van der Waals surface area contributed by atoms with E-state index in [0.717, 1.165) is 73.1 Å². The third kappa shape index (κ3) is 3.99. The topological polar surface area (TPSA) is 66.4 Å². The van der Waals surface area contributed by atoms with Gasteiger partial charge in [-0.1, -0.05) is 12.1 Å². The molecule has 154 valence electrons. The molecule has 5 rings (SSSR count). The molecule has 3 aromatic rings. The van der Waals surface area contributed by atoms with Crippen molar-refractivity contribution in [3.05, 3.63) is 60.3 Å². The molecule has 1 fully saturated rings. The van der Waals surface area contributed by atoms with Crippen molar-refractivity contribution in [3.63, 3.8) is 0 Å². The highest BCUT2D eigenvalue weighted by Crippen LogP contribution is 2.39. The van der Waals surface area contributed by atoms with E-state index in [1.807, 2.05) is 18.6 Å². The monoisotopic (exact) mass is 402 g/mol. The van der Waals surface area contributed by atoms with E-state index in [-0.39, 0.29) is 0 Å². The maximum absolute atomic E-state index is 5.92. The van der Waals surface area contributed by atoms with Gasteiger partial charge in [0.05, 0.1) is 6.61 Å². The normalized spacial score (nSPS) is 16.8. The molecule has 4 heterocycles. The van der Waals surface area contributed by atoms with Gasteiger partial charge >= 0.3 is 0 Å². The van der Waals surface area contributed by atoms with E-state index >= 15 is 0 Å². The quantitative estimate of drug-likeness (QED) is 0.704. The molecule has 0 atom stereocenters. The molecule has 0 saturated carbocycles. The SMILES string of the molecule is CN1CCN(Cc2ccc(Nc3ncc(-c4cncnc4)c4c3OCC4)cc2)CC1. The van der Waals surface area contributed by atoms with Gasteiger partial charge < -0.3 is 15.0 Å². The number of fused-ring (bicyclic) bond motifs is 1. The maximum Gasteiger partial charge on any atom is 0.173 e. The van der Waals surface area contributed by atoms with Crippen molar-refractivity contribution < 1.29 is 4.74 Å². The largest absolute Gasteiger partial charge is 0.489 e. The summed E-state index contributed by atoms with van der Waals surface area (Å²) in [5.41, 5.74) is 5.51. The van der Waals surface area contributed by atoms with E-state index in [2.05, 4.69) is 61.4 Å². The van der Waals surface area contributed by atoms with E-state index in [1.54, 1.807) is 0 Å². The van der Waals surface area contributed by atoms with E-state index in [0.29, 0.717) is 6.61 Å². The number of anilines is 2. The molecule has 0 radical (unpaired) electrons. The number of nitrogens with one attached hydrogen (secondary N) is 1. The van der Waals surface area contributed by atoms with Gasteiger partial charge in [-0.3, -0.25) is 4.90 Å². The van der Waals surface area contributed by atoms with E-state index in [4.69, 9.17) is 4.74 Å². The minimum Gasteiger partial charge on any atom is -0.489 e. The van der Waals surface area contributed by atoms with Crippen LogP contribution >= 0.6 is 0 Å². The van der Waals surface area contributed by atoms with Crippen LogP contribution in [0.2, 0.25) is 0 Å². The van der Waals surface area contributed by atoms with Gasteiger partial charge in [-0.05, 0) is 24.7 Å². The fourth-order valence-corrected chi connectivity index (χ4v) is 4.06. The van der Waals surface area contributed by atoms with E-state index < -0.39 is 0 Å². The number of piperazine rings is 1. The van der Waals surface area contributed by atoms with Crippen molar-refractivity contribution in [2.75, 3.05) is 45.2 Å². The van der Waals surface area contributed by atoms with Gasteiger partial charge in [0.25, 0.3) is 0 Å². The second-order valence-corrected chi connectivity index (χ2v) is 7.96. The van der Waals surface area contributed by atoms with Crippen LogP contribution in [-0.2, 0) is 13.0 Å².